The summed E-state index contributed by atoms with van der Waals surface area (Å²) in [5.74, 6) is 0.680. The monoisotopic (exact) mass is 303 g/mol. The lowest BCUT2D eigenvalue weighted by molar-refractivity contribution is 0.123. The minimum Gasteiger partial charge on any atom is -0.376 e. The molecule has 0 saturated carbocycles. The molecule has 0 amide bonds. The van der Waals surface area contributed by atoms with Gasteiger partial charge in [-0.1, -0.05) is 44.2 Å². The van der Waals surface area contributed by atoms with E-state index in [1.165, 1.54) is 16.0 Å². The first-order valence-corrected chi connectivity index (χ1v) is 8.51. The minimum absolute atomic E-state index is 0.680. The van der Waals surface area contributed by atoms with Gasteiger partial charge in [-0.2, -0.15) is 0 Å². The van der Waals surface area contributed by atoms with Gasteiger partial charge >= 0.3 is 0 Å². The lowest BCUT2D eigenvalue weighted by Crippen LogP contribution is -2.19. The molecule has 2 nitrogen and oxygen atoms in total. The maximum Gasteiger partial charge on any atom is 0.0720 e. The van der Waals surface area contributed by atoms with E-state index >= 15 is 0 Å². The molecule has 3 heteroatoms. The van der Waals surface area contributed by atoms with Gasteiger partial charge in [-0.3, -0.25) is 0 Å². The zero-order valence-electron chi connectivity index (χ0n) is 13.0. The van der Waals surface area contributed by atoms with E-state index in [4.69, 9.17) is 4.74 Å². The molecule has 0 aliphatic carbocycles. The Labute approximate surface area is 132 Å². The number of ether oxygens (including phenoxy) is 1. The zero-order valence-corrected chi connectivity index (χ0v) is 13.8. The van der Waals surface area contributed by atoms with Crippen LogP contribution in [0.1, 0.15) is 29.9 Å². The Bertz CT molecular complexity index is 508. The van der Waals surface area contributed by atoms with E-state index < -0.39 is 0 Å². The Balaban J connectivity index is 1.76. The van der Waals surface area contributed by atoms with Crippen LogP contribution in [0.15, 0.2) is 41.8 Å². The Hall–Kier alpha value is -1.16. The molecule has 0 radical (unpaired) electrons. The van der Waals surface area contributed by atoms with E-state index in [2.05, 4.69) is 60.9 Å². The van der Waals surface area contributed by atoms with Gasteiger partial charge in [0, 0.05) is 17.8 Å². The summed E-state index contributed by atoms with van der Waals surface area (Å²) in [6.45, 7) is 7.91. The Morgan fingerprint density at radius 3 is 2.62 bits per heavy atom. The van der Waals surface area contributed by atoms with Crippen LogP contribution in [0.3, 0.4) is 0 Å². The molecule has 0 bridgehead atoms. The molecule has 0 aliphatic heterocycles. The van der Waals surface area contributed by atoms with Gasteiger partial charge in [0.1, 0.15) is 0 Å². The highest BCUT2D eigenvalue weighted by atomic mass is 32.1. The van der Waals surface area contributed by atoms with Crippen molar-refractivity contribution in [2.45, 2.75) is 33.4 Å². The van der Waals surface area contributed by atoms with Crippen LogP contribution in [-0.2, 0) is 24.3 Å². The maximum atomic E-state index is 5.84. The number of benzene rings is 1. The molecule has 0 atom stereocenters. The molecule has 1 heterocycles. The van der Waals surface area contributed by atoms with Crippen LogP contribution < -0.4 is 5.32 Å². The summed E-state index contributed by atoms with van der Waals surface area (Å²) in [5, 5.41) is 5.62. The van der Waals surface area contributed by atoms with Crippen LogP contribution >= 0.6 is 11.3 Å². The molecule has 2 rings (SSSR count). The molecule has 1 aromatic heterocycles. The smallest absolute Gasteiger partial charge is 0.0720 e. The van der Waals surface area contributed by atoms with E-state index in [0.29, 0.717) is 12.5 Å². The topological polar surface area (TPSA) is 21.3 Å². The molecule has 114 valence electrons. The third-order valence-electron chi connectivity index (χ3n) is 3.32. The highest BCUT2D eigenvalue weighted by molar-refractivity contribution is 7.09. The van der Waals surface area contributed by atoms with E-state index in [0.717, 1.165) is 26.1 Å². The summed E-state index contributed by atoms with van der Waals surface area (Å²) < 4.78 is 5.84. The van der Waals surface area contributed by atoms with Gasteiger partial charge in [0.15, 0.2) is 0 Å². The van der Waals surface area contributed by atoms with Crippen LogP contribution in [-0.4, -0.2) is 13.2 Å². The predicted octanol–water partition coefficient (Wildman–Crippen LogP) is 4.25. The molecule has 21 heavy (non-hydrogen) atoms. The molecule has 1 N–H and O–H groups in total. The average Bonchev–Trinajstić information content (AvgIpc) is 2.98. The molecular weight excluding hydrogens is 278 g/mol. The first kappa shape index (κ1) is 16.2. The minimum atomic E-state index is 0.680. The number of hydrogen-bond acceptors (Lipinski definition) is 3. The summed E-state index contributed by atoms with van der Waals surface area (Å²) in [7, 11) is 0. The van der Waals surface area contributed by atoms with Crippen molar-refractivity contribution in [1.29, 1.82) is 0 Å². The van der Waals surface area contributed by atoms with Crippen molar-refractivity contribution < 1.29 is 4.74 Å². The standard InChI is InChI=1S/C18H25NOS/c1-15(2)12-19-13-16-6-3-4-7-17(16)14-20-10-9-18-8-5-11-21-18/h3-8,11,15,19H,9-10,12-14H2,1-2H3. The van der Waals surface area contributed by atoms with Gasteiger partial charge in [-0.15, -0.1) is 11.3 Å². The normalized spacial score (nSPS) is 11.2. The summed E-state index contributed by atoms with van der Waals surface area (Å²) in [6, 6.07) is 12.8. The molecule has 0 aliphatic rings. The van der Waals surface area contributed by atoms with Crippen LogP contribution in [0.2, 0.25) is 0 Å². The maximum absolute atomic E-state index is 5.84. The molecule has 0 spiro atoms. The Morgan fingerprint density at radius 1 is 1.10 bits per heavy atom. The lowest BCUT2D eigenvalue weighted by Gasteiger charge is -2.12. The summed E-state index contributed by atoms with van der Waals surface area (Å²) >= 11 is 1.80. The highest BCUT2D eigenvalue weighted by Gasteiger charge is 2.03. The SMILES string of the molecule is CC(C)CNCc1ccccc1COCCc1cccs1. The van der Waals surface area contributed by atoms with Crippen LogP contribution in [0.25, 0.3) is 0 Å². The van der Waals surface area contributed by atoms with Gasteiger partial charge in [0.25, 0.3) is 0 Å². The second kappa shape index (κ2) is 8.98. The second-order valence-electron chi connectivity index (χ2n) is 5.68. The number of thiophene rings is 1. The van der Waals surface area contributed by atoms with E-state index in [9.17, 15) is 0 Å². The molecule has 0 fully saturated rings. The van der Waals surface area contributed by atoms with Crippen molar-refractivity contribution in [1.82, 2.24) is 5.32 Å². The van der Waals surface area contributed by atoms with Crippen molar-refractivity contribution >= 4 is 11.3 Å². The predicted molar refractivity (Wildman–Crippen MR) is 90.7 cm³/mol. The number of hydrogen-bond donors (Lipinski definition) is 1. The summed E-state index contributed by atoms with van der Waals surface area (Å²) in [5.41, 5.74) is 2.63. The van der Waals surface area contributed by atoms with Gasteiger partial charge in [0.2, 0.25) is 0 Å². The number of nitrogens with one attached hydrogen (secondary N) is 1. The Kier molecular flexibility index (Phi) is 6.93. The molecule has 0 saturated heterocycles. The fourth-order valence-corrected chi connectivity index (χ4v) is 2.87. The fourth-order valence-electron chi connectivity index (χ4n) is 2.18. The van der Waals surface area contributed by atoms with Gasteiger partial charge in [-0.05, 0) is 35.0 Å². The first-order chi connectivity index (χ1) is 10.3. The zero-order chi connectivity index (χ0) is 14.9. The highest BCUT2D eigenvalue weighted by Crippen LogP contribution is 2.12. The number of rotatable bonds is 9. The van der Waals surface area contributed by atoms with Crippen molar-refractivity contribution in [3.63, 3.8) is 0 Å². The third-order valence-corrected chi connectivity index (χ3v) is 4.25. The van der Waals surface area contributed by atoms with Crippen molar-refractivity contribution in [2.75, 3.05) is 13.2 Å². The van der Waals surface area contributed by atoms with Crippen LogP contribution in [0.4, 0.5) is 0 Å². The second-order valence-corrected chi connectivity index (χ2v) is 6.71. The van der Waals surface area contributed by atoms with E-state index in [1.807, 2.05) is 0 Å². The molecular formula is C18H25NOS. The average molecular weight is 303 g/mol. The van der Waals surface area contributed by atoms with Crippen LogP contribution in [0.5, 0.6) is 0 Å². The molecule has 2 aromatic rings. The summed E-state index contributed by atoms with van der Waals surface area (Å²) in [4.78, 5) is 1.39. The van der Waals surface area contributed by atoms with Crippen molar-refractivity contribution in [2.24, 2.45) is 5.92 Å². The van der Waals surface area contributed by atoms with Gasteiger partial charge in [0.05, 0.1) is 13.2 Å². The van der Waals surface area contributed by atoms with E-state index in [1.54, 1.807) is 11.3 Å². The Morgan fingerprint density at radius 2 is 1.90 bits per heavy atom. The molecule has 1 aromatic carbocycles. The summed E-state index contributed by atoms with van der Waals surface area (Å²) in [6.07, 6.45) is 1.01. The largest absolute Gasteiger partial charge is 0.376 e. The van der Waals surface area contributed by atoms with Crippen LogP contribution in [0, 0.1) is 5.92 Å². The third kappa shape index (κ3) is 6.00. The van der Waals surface area contributed by atoms with Crippen molar-refractivity contribution in [3.05, 3.63) is 57.8 Å². The van der Waals surface area contributed by atoms with Crippen molar-refractivity contribution in [3.8, 4) is 0 Å². The fraction of sp³-hybridized carbons (Fsp3) is 0.444. The lowest BCUT2D eigenvalue weighted by atomic mass is 10.1. The van der Waals surface area contributed by atoms with E-state index in [-0.39, 0.29) is 0 Å². The quantitative estimate of drug-likeness (QED) is 0.699. The first-order valence-electron chi connectivity index (χ1n) is 7.63. The molecule has 0 unspecified atom stereocenters. The van der Waals surface area contributed by atoms with Gasteiger partial charge < -0.3 is 10.1 Å². The van der Waals surface area contributed by atoms with Gasteiger partial charge in [-0.25, -0.2) is 0 Å².